The molecule has 5 heteroatoms. The van der Waals surface area contributed by atoms with Crippen molar-refractivity contribution in [1.29, 1.82) is 5.26 Å². The van der Waals surface area contributed by atoms with Crippen molar-refractivity contribution >= 4 is 17.7 Å². The van der Waals surface area contributed by atoms with Crippen LogP contribution in [0.5, 0.6) is 5.75 Å². The number of carbonyl (C=O) groups excluding carboxylic acids is 1. The maximum atomic E-state index is 13.0. The van der Waals surface area contributed by atoms with E-state index in [2.05, 4.69) is 5.32 Å². The van der Waals surface area contributed by atoms with E-state index in [1.54, 1.807) is 18.2 Å². The van der Waals surface area contributed by atoms with Gasteiger partial charge in [-0.25, -0.2) is 4.39 Å². The van der Waals surface area contributed by atoms with Crippen LogP contribution in [0.15, 0.2) is 84.4 Å². The summed E-state index contributed by atoms with van der Waals surface area (Å²) in [5, 5.41) is 11.9. The summed E-state index contributed by atoms with van der Waals surface area (Å²) in [6.45, 7) is 0.421. The van der Waals surface area contributed by atoms with Crippen LogP contribution in [-0.2, 0) is 11.4 Å². The Balaban J connectivity index is 1.70. The Hall–Kier alpha value is -3.91. The van der Waals surface area contributed by atoms with Gasteiger partial charge in [0.25, 0.3) is 5.91 Å². The molecule has 0 aliphatic carbocycles. The van der Waals surface area contributed by atoms with Gasteiger partial charge < -0.3 is 10.1 Å². The van der Waals surface area contributed by atoms with Gasteiger partial charge in [0.05, 0.1) is 0 Å². The average molecular weight is 372 g/mol. The van der Waals surface area contributed by atoms with Gasteiger partial charge in [0, 0.05) is 5.69 Å². The lowest BCUT2D eigenvalue weighted by Gasteiger charge is -2.07. The second-order valence-electron chi connectivity index (χ2n) is 5.98. The van der Waals surface area contributed by atoms with Crippen LogP contribution in [0.25, 0.3) is 6.08 Å². The smallest absolute Gasteiger partial charge is 0.266 e. The van der Waals surface area contributed by atoms with E-state index in [4.69, 9.17) is 4.74 Å². The molecule has 3 aromatic carbocycles. The molecule has 0 aliphatic rings. The second-order valence-corrected chi connectivity index (χ2v) is 5.98. The summed E-state index contributed by atoms with van der Waals surface area (Å²) in [6, 6.07) is 24.1. The molecule has 0 fully saturated rings. The number of hydrogen-bond donors (Lipinski definition) is 1. The van der Waals surface area contributed by atoms with Crippen molar-refractivity contribution in [2.45, 2.75) is 6.61 Å². The topological polar surface area (TPSA) is 62.1 Å². The first kappa shape index (κ1) is 18.9. The molecular formula is C23H17FN2O2. The molecule has 3 aromatic rings. The summed E-state index contributed by atoms with van der Waals surface area (Å²) >= 11 is 0. The van der Waals surface area contributed by atoms with E-state index in [0.29, 0.717) is 23.6 Å². The number of nitrogens with zero attached hydrogens (tertiary/aromatic N) is 1. The fourth-order valence-corrected chi connectivity index (χ4v) is 2.48. The summed E-state index contributed by atoms with van der Waals surface area (Å²) in [5.41, 5.74) is 2.05. The van der Waals surface area contributed by atoms with Crippen LogP contribution < -0.4 is 10.1 Å². The van der Waals surface area contributed by atoms with Gasteiger partial charge in [-0.3, -0.25) is 4.79 Å². The summed E-state index contributed by atoms with van der Waals surface area (Å²) in [4.78, 5) is 12.3. The number of nitrogens with one attached hydrogen (secondary N) is 1. The van der Waals surface area contributed by atoms with Crippen LogP contribution >= 0.6 is 0 Å². The highest BCUT2D eigenvalue weighted by atomic mass is 19.1. The number of halogens is 1. The molecule has 138 valence electrons. The van der Waals surface area contributed by atoms with Crippen LogP contribution in [0.2, 0.25) is 0 Å². The van der Waals surface area contributed by atoms with Crippen LogP contribution in [0.4, 0.5) is 10.1 Å². The third kappa shape index (κ3) is 5.29. The van der Waals surface area contributed by atoms with E-state index in [1.165, 1.54) is 30.3 Å². The normalized spacial score (nSPS) is 10.8. The van der Waals surface area contributed by atoms with E-state index in [-0.39, 0.29) is 5.57 Å². The van der Waals surface area contributed by atoms with Gasteiger partial charge in [-0.1, -0.05) is 42.5 Å². The molecule has 4 nitrogen and oxygen atoms in total. The minimum Gasteiger partial charge on any atom is -0.489 e. The van der Waals surface area contributed by atoms with Crippen molar-refractivity contribution in [3.05, 3.63) is 101 Å². The summed E-state index contributed by atoms with van der Waals surface area (Å²) in [7, 11) is 0. The third-order valence-electron chi connectivity index (χ3n) is 3.88. The van der Waals surface area contributed by atoms with Gasteiger partial charge in [0.1, 0.15) is 29.8 Å². The van der Waals surface area contributed by atoms with Crippen molar-refractivity contribution in [3.8, 4) is 11.8 Å². The Kier molecular flexibility index (Phi) is 6.17. The molecule has 1 N–H and O–H groups in total. The monoisotopic (exact) mass is 372 g/mol. The minimum atomic E-state index is -0.565. The zero-order valence-electron chi connectivity index (χ0n) is 14.9. The zero-order valence-corrected chi connectivity index (χ0v) is 14.9. The van der Waals surface area contributed by atoms with Gasteiger partial charge in [0.2, 0.25) is 0 Å². The fourth-order valence-electron chi connectivity index (χ4n) is 2.48. The Labute approximate surface area is 162 Å². The molecule has 0 unspecified atom stereocenters. The lowest BCUT2D eigenvalue weighted by Crippen LogP contribution is -2.13. The number of anilines is 1. The molecule has 0 heterocycles. The molecule has 0 saturated heterocycles. The van der Waals surface area contributed by atoms with Gasteiger partial charge in [-0.05, 0) is 53.6 Å². The number of ether oxygens (including phenoxy) is 1. The lowest BCUT2D eigenvalue weighted by molar-refractivity contribution is -0.112. The van der Waals surface area contributed by atoms with Gasteiger partial charge in [0.15, 0.2) is 0 Å². The first-order valence-corrected chi connectivity index (χ1v) is 8.59. The maximum absolute atomic E-state index is 13.0. The molecule has 0 bridgehead atoms. The van der Waals surface area contributed by atoms with Crippen molar-refractivity contribution in [1.82, 2.24) is 0 Å². The number of amides is 1. The highest BCUT2D eigenvalue weighted by Gasteiger charge is 2.10. The fraction of sp³-hybridized carbons (Fsp3) is 0.0435. The highest BCUT2D eigenvalue weighted by molar-refractivity contribution is 6.09. The van der Waals surface area contributed by atoms with Gasteiger partial charge >= 0.3 is 0 Å². The Morgan fingerprint density at radius 1 is 1.04 bits per heavy atom. The first-order chi connectivity index (χ1) is 13.6. The van der Waals surface area contributed by atoms with E-state index in [0.717, 1.165) is 5.56 Å². The van der Waals surface area contributed by atoms with E-state index >= 15 is 0 Å². The number of hydrogen-bond acceptors (Lipinski definition) is 3. The predicted molar refractivity (Wildman–Crippen MR) is 106 cm³/mol. The van der Waals surface area contributed by atoms with Crippen molar-refractivity contribution in [2.75, 3.05) is 5.32 Å². The van der Waals surface area contributed by atoms with Gasteiger partial charge in [-0.2, -0.15) is 5.26 Å². The molecule has 0 radical (unpaired) electrons. The van der Waals surface area contributed by atoms with Crippen LogP contribution in [0.3, 0.4) is 0 Å². The quantitative estimate of drug-likeness (QED) is 0.492. The molecule has 0 aliphatic heterocycles. The van der Waals surface area contributed by atoms with E-state index < -0.39 is 11.7 Å². The molecule has 1 amide bonds. The first-order valence-electron chi connectivity index (χ1n) is 8.59. The Morgan fingerprint density at radius 2 is 1.79 bits per heavy atom. The minimum absolute atomic E-state index is 0.0652. The number of benzene rings is 3. The zero-order chi connectivity index (χ0) is 19.8. The molecule has 0 aromatic heterocycles. The van der Waals surface area contributed by atoms with E-state index in [1.807, 2.05) is 42.5 Å². The van der Waals surface area contributed by atoms with Crippen molar-refractivity contribution in [2.24, 2.45) is 0 Å². The Bertz CT molecular complexity index is 1020. The lowest BCUT2D eigenvalue weighted by atomic mass is 10.1. The predicted octanol–water partition coefficient (Wildman–Crippen LogP) is 4.95. The second kappa shape index (κ2) is 9.15. The average Bonchev–Trinajstić information content (AvgIpc) is 2.73. The largest absolute Gasteiger partial charge is 0.489 e. The summed E-state index contributed by atoms with van der Waals surface area (Å²) < 4.78 is 18.7. The number of rotatable bonds is 6. The maximum Gasteiger partial charge on any atom is 0.266 e. The summed E-state index contributed by atoms with van der Waals surface area (Å²) in [5.74, 6) is -0.333. The third-order valence-corrected chi connectivity index (χ3v) is 3.88. The molecule has 0 saturated carbocycles. The van der Waals surface area contributed by atoms with E-state index in [9.17, 15) is 14.4 Å². The standard InChI is InChI=1S/C23H17FN2O2/c24-20-9-11-21(12-10-20)26-23(27)19(15-25)13-18-7-4-8-22(14-18)28-16-17-5-2-1-3-6-17/h1-14H,16H2,(H,26,27)/b19-13-. The Morgan fingerprint density at radius 3 is 2.50 bits per heavy atom. The van der Waals surface area contributed by atoms with Crippen molar-refractivity contribution in [3.63, 3.8) is 0 Å². The summed E-state index contributed by atoms with van der Waals surface area (Å²) in [6.07, 6.45) is 1.48. The number of carbonyl (C=O) groups is 1. The molecule has 0 spiro atoms. The molecule has 28 heavy (non-hydrogen) atoms. The number of nitriles is 1. The highest BCUT2D eigenvalue weighted by Crippen LogP contribution is 2.18. The molecule has 0 atom stereocenters. The van der Waals surface area contributed by atoms with Crippen LogP contribution in [-0.4, -0.2) is 5.91 Å². The molecular weight excluding hydrogens is 355 g/mol. The SMILES string of the molecule is N#C/C(=C/c1cccc(OCc2ccccc2)c1)C(=O)Nc1ccc(F)cc1. The van der Waals surface area contributed by atoms with Crippen LogP contribution in [0.1, 0.15) is 11.1 Å². The van der Waals surface area contributed by atoms with Gasteiger partial charge in [-0.15, -0.1) is 0 Å². The molecule has 3 rings (SSSR count). The van der Waals surface area contributed by atoms with Crippen molar-refractivity contribution < 1.29 is 13.9 Å². The van der Waals surface area contributed by atoms with Crippen LogP contribution in [0, 0.1) is 17.1 Å².